The van der Waals surface area contributed by atoms with E-state index in [0.29, 0.717) is 19.5 Å². The first-order valence-corrected chi connectivity index (χ1v) is 12.9. The van der Waals surface area contributed by atoms with Gasteiger partial charge in [-0.3, -0.25) is 4.68 Å². The maximum Gasteiger partial charge on any atom is 0.407 e. The number of pyridine rings is 1. The van der Waals surface area contributed by atoms with E-state index in [0.717, 1.165) is 50.9 Å². The summed E-state index contributed by atoms with van der Waals surface area (Å²) in [5, 5.41) is 17.5. The van der Waals surface area contributed by atoms with E-state index in [4.69, 9.17) is 10.1 Å². The number of benzene rings is 2. The molecule has 4 aromatic rings. The molecule has 7 heteroatoms. The van der Waals surface area contributed by atoms with Crippen LogP contribution in [0.1, 0.15) is 38.4 Å². The second-order valence-corrected chi connectivity index (χ2v) is 10.7. The zero-order valence-electron chi connectivity index (χ0n) is 22.3. The number of amides is 1. The van der Waals surface area contributed by atoms with E-state index in [1.54, 1.807) is 0 Å². The second-order valence-electron chi connectivity index (χ2n) is 10.7. The monoisotopic (exact) mass is 507 g/mol. The quantitative estimate of drug-likeness (QED) is 0.299. The van der Waals surface area contributed by atoms with E-state index < -0.39 is 6.09 Å². The summed E-state index contributed by atoms with van der Waals surface area (Å²) in [7, 11) is 0. The molecule has 0 spiro atoms. The minimum absolute atomic E-state index is 0.121. The largest absolute Gasteiger partial charge is 0.465 e. The van der Waals surface area contributed by atoms with Gasteiger partial charge in [-0.15, -0.1) is 0 Å². The number of carbonyl (C=O) groups is 1. The van der Waals surface area contributed by atoms with Gasteiger partial charge in [0.25, 0.3) is 0 Å². The van der Waals surface area contributed by atoms with Crippen molar-refractivity contribution in [2.45, 2.75) is 39.7 Å². The highest BCUT2D eigenvalue weighted by molar-refractivity contribution is 5.78. The van der Waals surface area contributed by atoms with Gasteiger partial charge in [0.05, 0.1) is 11.2 Å². The highest BCUT2D eigenvalue weighted by Gasteiger charge is 2.19. The number of anilines is 2. The molecule has 1 aliphatic rings. The third kappa shape index (κ3) is 5.47. The molecule has 2 aromatic carbocycles. The van der Waals surface area contributed by atoms with Crippen molar-refractivity contribution in [3.63, 3.8) is 0 Å². The van der Waals surface area contributed by atoms with Gasteiger partial charge in [0.2, 0.25) is 0 Å². The van der Waals surface area contributed by atoms with Crippen molar-refractivity contribution in [1.29, 1.82) is 0 Å². The summed E-state index contributed by atoms with van der Waals surface area (Å²) < 4.78 is 2.02. The van der Waals surface area contributed by atoms with Gasteiger partial charge < -0.3 is 15.3 Å². The van der Waals surface area contributed by atoms with E-state index in [1.807, 2.05) is 41.1 Å². The lowest BCUT2D eigenvalue weighted by molar-refractivity contribution is 0.150. The van der Waals surface area contributed by atoms with Crippen LogP contribution in [0.4, 0.5) is 16.4 Å². The molecule has 0 radical (unpaired) electrons. The molecule has 0 bridgehead atoms. The third-order valence-electron chi connectivity index (χ3n) is 6.72. The molecule has 2 N–H and O–H groups in total. The fraction of sp³-hybridized carbons (Fsp3) is 0.258. The molecular weight excluding hydrogens is 474 g/mol. The van der Waals surface area contributed by atoms with E-state index in [2.05, 4.69) is 75.5 Å². The van der Waals surface area contributed by atoms with Crippen molar-refractivity contribution in [1.82, 2.24) is 19.7 Å². The Hall–Kier alpha value is -4.39. The predicted octanol–water partition coefficient (Wildman–Crippen LogP) is 7.19. The summed E-state index contributed by atoms with van der Waals surface area (Å²) in [6, 6.07) is 24.8. The number of rotatable bonds is 5. The van der Waals surface area contributed by atoms with E-state index in [-0.39, 0.29) is 5.54 Å². The van der Waals surface area contributed by atoms with Gasteiger partial charge in [-0.05, 0) is 74.6 Å². The molecule has 0 aliphatic carbocycles. The maximum absolute atomic E-state index is 11.3. The normalized spacial score (nSPS) is 13.8. The first kappa shape index (κ1) is 25.3. The van der Waals surface area contributed by atoms with Gasteiger partial charge >= 0.3 is 6.09 Å². The zero-order valence-corrected chi connectivity index (χ0v) is 22.3. The van der Waals surface area contributed by atoms with Crippen LogP contribution in [0.25, 0.3) is 28.0 Å². The standard InChI is InChI=1S/C31H33N5O2/c1-21-17-29(34-36(21)31(2,3)4)33-28-20-26(22-9-6-5-7-10-22)19-27(32-28)25-12-8-11-24(18-25)23-13-15-35(16-14-23)30(37)38/h5-13,17-20H,14-16H2,1-4H3,(H,37,38)(H,32,33,34). The van der Waals surface area contributed by atoms with Crippen LogP contribution in [-0.2, 0) is 5.54 Å². The lowest BCUT2D eigenvalue weighted by Gasteiger charge is -2.24. The highest BCUT2D eigenvalue weighted by atomic mass is 16.4. The first-order valence-electron chi connectivity index (χ1n) is 12.9. The Kier molecular flexibility index (Phi) is 6.76. The van der Waals surface area contributed by atoms with Crippen LogP contribution >= 0.6 is 0 Å². The average molecular weight is 508 g/mol. The molecule has 0 saturated heterocycles. The molecule has 0 unspecified atom stereocenters. The third-order valence-corrected chi connectivity index (χ3v) is 6.72. The SMILES string of the molecule is Cc1cc(Nc2cc(-c3ccccc3)cc(-c3cccc(C4=CCN(C(=O)O)CC4)c3)n2)nn1C(C)(C)C. The van der Waals surface area contributed by atoms with E-state index in [9.17, 15) is 9.90 Å². The molecule has 7 nitrogen and oxygen atoms in total. The molecule has 0 fully saturated rings. The van der Waals surface area contributed by atoms with E-state index >= 15 is 0 Å². The molecule has 3 heterocycles. The van der Waals surface area contributed by atoms with Gasteiger partial charge in [0.15, 0.2) is 5.82 Å². The fourth-order valence-corrected chi connectivity index (χ4v) is 4.87. The summed E-state index contributed by atoms with van der Waals surface area (Å²) >= 11 is 0. The number of nitrogens with zero attached hydrogens (tertiary/aromatic N) is 4. The summed E-state index contributed by atoms with van der Waals surface area (Å²) in [5.74, 6) is 1.48. The summed E-state index contributed by atoms with van der Waals surface area (Å²) in [4.78, 5) is 17.7. The van der Waals surface area contributed by atoms with Crippen LogP contribution in [0.5, 0.6) is 0 Å². The fourth-order valence-electron chi connectivity index (χ4n) is 4.87. The zero-order chi connectivity index (χ0) is 26.9. The summed E-state index contributed by atoms with van der Waals surface area (Å²) in [6.45, 7) is 9.38. The summed E-state index contributed by atoms with van der Waals surface area (Å²) in [5.41, 5.74) is 7.23. The number of nitrogens with one attached hydrogen (secondary N) is 1. The van der Waals surface area contributed by atoms with Gasteiger partial charge in [0.1, 0.15) is 5.82 Å². The topological polar surface area (TPSA) is 83.3 Å². The predicted molar refractivity (Wildman–Crippen MR) is 153 cm³/mol. The number of hydrogen-bond donors (Lipinski definition) is 2. The van der Waals surface area contributed by atoms with Crippen LogP contribution in [0.2, 0.25) is 0 Å². The minimum atomic E-state index is -0.876. The molecule has 2 aromatic heterocycles. The van der Waals surface area contributed by atoms with Crippen molar-refractivity contribution < 1.29 is 9.90 Å². The van der Waals surface area contributed by atoms with Crippen molar-refractivity contribution in [3.05, 3.63) is 90.1 Å². The average Bonchev–Trinajstić information content (AvgIpc) is 3.29. The Morgan fingerprint density at radius 3 is 2.29 bits per heavy atom. The van der Waals surface area contributed by atoms with Crippen molar-refractivity contribution in [2.75, 3.05) is 18.4 Å². The van der Waals surface area contributed by atoms with Crippen LogP contribution in [0, 0.1) is 6.92 Å². The molecular formula is C31H33N5O2. The van der Waals surface area contributed by atoms with Crippen LogP contribution < -0.4 is 5.32 Å². The molecule has 1 aliphatic heterocycles. The number of carboxylic acid groups (broad SMARTS) is 1. The lowest BCUT2D eigenvalue weighted by atomic mass is 9.96. The molecule has 0 atom stereocenters. The van der Waals surface area contributed by atoms with Gasteiger partial charge in [-0.2, -0.15) is 5.10 Å². The van der Waals surface area contributed by atoms with Crippen LogP contribution in [0.15, 0.2) is 78.9 Å². The number of aryl methyl sites for hydroxylation is 1. The Morgan fingerprint density at radius 2 is 1.63 bits per heavy atom. The van der Waals surface area contributed by atoms with Crippen molar-refractivity contribution in [2.24, 2.45) is 0 Å². The van der Waals surface area contributed by atoms with Gasteiger partial charge in [0, 0.05) is 30.4 Å². The number of hydrogen-bond acceptors (Lipinski definition) is 4. The van der Waals surface area contributed by atoms with Crippen molar-refractivity contribution >= 4 is 23.3 Å². The Balaban J connectivity index is 1.52. The van der Waals surface area contributed by atoms with Gasteiger partial charge in [-0.1, -0.05) is 54.6 Å². The van der Waals surface area contributed by atoms with E-state index in [1.165, 1.54) is 4.90 Å². The maximum atomic E-state index is 11.3. The molecule has 194 valence electrons. The summed E-state index contributed by atoms with van der Waals surface area (Å²) in [6.07, 6.45) is 1.82. The number of aromatic nitrogens is 3. The molecule has 0 saturated carbocycles. The first-order chi connectivity index (χ1) is 18.2. The second kappa shape index (κ2) is 10.2. The van der Waals surface area contributed by atoms with Crippen LogP contribution in [0.3, 0.4) is 0 Å². The Bertz CT molecular complexity index is 1500. The van der Waals surface area contributed by atoms with Gasteiger partial charge in [-0.25, -0.2) is 9.78 Å². The van der Waals surface area contributed by atoms with Crippen LogP contribution in [-0.4, -0.2) is 44.0 Å². The highest BCUT2D eigenvalue weighted by Crippen LogP contribution is 2.32. The molecule has 38 heavy (non-hydrogen) atoms. The minimum Gasteiger partial charge on any atom is -0.465 e. The molecule has 1 amide bonds. The van der Waals surface area contributed by atoms with Crippen molar-refractivity contribution in [3.8, 4) is 22.4 Å². The Morgan fingerprint density at radius 1 is 0.895 bits per heavy atom. The Labute approximate surface area is 223 Å². The molecule has 5 rings (SSSR count). The smallest absolute Gasteiger partial charge is 0.407 e. The lowest BCUT2D eigenvalue weighted by Crippen LogP contribution is -2.33.